The topological polar surface area (TPSA) is 55.1 Å². The highest BCUT2D eigenvalue weighted by atomic mass is 79.9. The van der Waals surface area contributed by atoms with Crippen LogP contribution in [0.5, 0.6) is 0 Å². The number of rotatable bonds is 4. The van der Waals surface area contributed by atoms with Crippen molar-refractivity contribution in [3.05, 3.63) is 34.3 Å². The maximum absolute atomic E-state index is 11.5. The minimum Gasteiger partial charge on any atom is -0.368 e. The van der Waals surface area contributed by atoms with Crippen molar-refractivity contribution in [2.45, 2.75) is 37.8 Å². The molecule has 1 aliphatic carbocycles. The van der Waals surface area contributed by atoms with Gasteiger partial charge in [-0.15, -0.1) is 0 Å². The molecule has 1 aromatic rings. The fraction of sp³-hybridized carbons (Fsp3) is 0.462. The summed E-state index contributed by atoms with van der Waals surface area (Å²) in [6, 6.07) is 7.79. The van der Waals surface area contributed by atoms with Gasteiger partial charge in [-0.2, -0.15) is 0 Å². The smallest absolute Gasteiger partial charge is 0.239 e. The van der Waals surface area contributed by atoms with Crippen LogP contribution in [0.15, 0.2) is 28.7 Å². The van der Waals surface area contributed by atoms with Gasteiger partial charge in [0.2, 0.25) is 5.91 Å². The summed E-state index contributed by atoms with van der Waals surface area (Å²) in [6.45, 7) is 0. The molecule has 3 N–H and O–H groups in total. The highest BCUT2D eigenvalue weighted by molar-refractivity contribution is 9.10. The van der Waals surface area contributed by atoms with Gasteiger partial charge in [-0.05, 0) is 30.5 Å². The lowest BCUT2D eigenvalue weighted by Crippen LogP contribution is -2.38. The Hall–Kier alpha value is -0.870. The highest BCUT2D eigenvalue weighted by Crippen LogP contribution is 2.23. The zero-order chi connectivity index (χ0) is 12.3. The number of hydrogen-bond donors (Lipinski definition) is 2. The Balaban J connectivity index is 2.10. The van der Waals surface area contributed by atoms with E-state index < -0.39 is 0 Å². The van der Waals surface area contributed by atoms with Gasteiger partial charge < -0.3 is 5.73 Å². The minimum atomic E-state index is -0.369. The van der Waals surface area contributed by atoms with Crippen molar-refractivity contribution in [3.63, 3.8) is 0 Å². The number of benzene rings is 1. The number of nitrogens with two attached hydrogens (primary N) is 1. The molecule has 1 unspecified atom stereocenters. The first-order valence-corrected chi connectivity index (χ1v) is 6.77. The number of hydrogen-bond acceptors (Lipinski definition) is 2. The van der Waals surface area contributed by atoms with Gasteiger partial charge >= 0.3 is 0 Å². The number of amides is 1. The van der Waals surface area contributed by atoms with Crippen molar-refractivity contribution in [2.24, 2.45) is 5.73 Å². The maximum Gasteiger partial charge on any atom is 0.239 e. The predicted molar refractivity (Wildman–Crippen MR) is 71.5 cm³/mol. The zero-order valence-corrected chi connectivity index (χ0v) is 11.2. The molecule has 1 fully saturated rings. The second-order valence-electron chi connectivity index (χ2n) is 4.53. The molecular weight excluding hydrogens is 280 g/mol. The van der Waals surface area contributed by atoms with Crippen LogP contribution in [-0.4, -0.2) is 11.9 Å². The standard InChI is InChI=1S/C13H17BrN2O/c14-10-7-5-9(6-8-10)12(13(15)17)16-11-3-1-2-4-11/h5-8,11-12,16H,1-4H2,(H2,15,17). The van der Waals surface area contributed by atoms with Gasteiger partial charge in [0, 0.05) is 10.5 Å². The first kappa shape index (κ1) is 12.6. The molecular formula is C13H17BrN2O. The molecule has 0 radical (unpaired) electrons. The number of nitrogens with one attached hydrogen (secondary N) is 1. The van der Waals surface area contributed by atoms with Crippen LogP contribution in [-0.2, 0) is 4.79 Å². The molecule has 92 valence electrons. The van der Waals surface area contributed by atoms with Crippen molar-refractivity contribution in [1.29, 1.82) is 0 Å². The van der Waals surface area contributed by atoms with Gasteiger partial charge in [-0.25, -0.2) is 0 Å². The normalized spacial score (nSPS) is 18.2. The van der Waals surface area contributed by atoms with Crippen molar-refractivity contribution in [1.82, 2.24) is 5.32 Å². The number of carbonyl (C=O) groups is 1. The van der Waals surface area contributed by atoms with E-state index in [1.54, 1.807) is 0 Å². The predicted octanol–water partition coefficient (Wildman–Crippen LogP) is 2.51. The van der Waals surface area contributed by atoms with Crippen LogP contribution in [0.2, 0.25) is 0 Å². The van der Waals surface area contributed by atoms with E-state index in [9.17, 15) is 4.79 Å². The molecule has 1 amide bonds. The molecule has 0 saturated heterocycles. The minimum absolute atomic E-state index is 0.306. The van der Waals surface area contributed by atoms with E-state index in [0.717, 1.165) is 22.9 Å². The Morgan fingerprint density at radius 1 is 1.29 bits per heavy atom. The van der Waals surface area contributed by atoms with Crippen LogP contribution in [0, 0.1) is 0 Å². The molecule has 0 spiro atoms. The second kappa shape index (κ2) is 5.65. The van der Waals surface area contributed by atoms with Crippen LogP contribution < -0.4 is 11.1 Å². The molecule has 4 heteroatoms. The van der Waals surface area contributed by atoms with Gasteiger partial charge in [0.15, 0.2) is 0 Å². The molecule has 1 aliphatic rings. The average Bonchev–Trinajstić information content (AvgIpc) is 2.80. The zero-order valence-electron chi connectivity index (χ0n) is 9.66. The van der Waals surface area contributed by atoms with Crippen LogP contribution in [0.3, 0.4) is 0 Å². The number of carbonyl (C=O) groups excluding carboxylic acids is 1. The first-order chi connectivity index (χ1) is 8.16. The average molecular weight is 297 g/mol. The van der Waals surface area contributed by atoms with Crippen LogP contribution in [0.1, 0.15) is 37.3 Å². The van der Waals surface area contributed by atoms with Crippen LogP contribution >= 0.6 is 15.9 Å². The van der Waals surface area contributed by atoms with Gasteiger partial charge in [0.1, 0.15) is 6.04 Å². The molecule has 0 heterocycles. The SMILES string of the molecule is NC(=O)C(NC1CCCC1)c1ccc(Br)cc1. The summed E-state index contributed by atoms with van der Waals surface area (Å²) in [5, 5.41) is 3.36. The van der Waals surface area contributed by atoms with E-state index in [1.165, 1.54) is 12.8 Å². The lowest BCUT2D eigenvalue weighted by atomic mass is 10.0. The van der Waals surface area contributed by atoms with E-state index in [4.69, 9.17) is 5.73 Å². The Labute approximate surface area is 110 Å². The highest BCUT2D eigenvalue weighted by Gasteiger charge is 2.23. The van der Waals surface area contributed by atoms with Crippen molar-refractivity contribution in [3.8, 4) is 0 Å². The Morgan fingerprint density at radius 3 is 2.41 bits per heavy atom. The van der Waals surface area contributed by atoms with Gasteiger partial charge in [0.05, 0.1) is 0 Å². The summed E-state index contributed by atoms with van der Waals surface area (Å²) in [5.74, 6) is -0.306. The Morgan fingerprint density at radius 2 is 1.88 bits per heavy atom. The lowest BCUT2D eigenvalue weighted by molar-refractivity contribution is -0.120. The Kier molecular flexibility index (Phi) is 4.18. The molecule has 17 heavy (non-hydrogen) atoms. The van der Waals surface area contributed by atoms with Crippen molar-refractivity contribution >= 4 is 21.8 Å². The van der Waals surface area contributed by atoms with Crippen molar-refractivity contribution < 1.29 is 4.79 Å². The Bertz CT molecular complexity index is 385. The second-order valence-corrected chi connectivity index (χ2v) is 5.45. The van der Waals surface area contributed by atoms with Gasteiger partial charge in [-0.1, -0.05) is 40.9 Å². The van der Waals surface area contributed by atoms with Crippen LogP contribution in [0.4, 0.5) is 0 Å². The van der Waals surface area contributed by atoms with E-state index >= 15 is 0 Å². The molecule has 1 saturated carbocycles. The van der Waals surface area contributed by atoms with E-state index in [2.05, 4.69) is 21.2 Å². The molecule has 2 rings (SSSR count). The molecule has 1 aromatic carbocycles. The van der Waals surface area contributed by atoms with E-state index in [-0.39, 0.29) is 11.9 Å². The number of primary amides is 1. The summed E-state index contributed by atoms with van der Waals surface area (Å²) in [7, 11) is 0. The summed E-state index contributed by atoms with van der Waals surface area (Å²) < 4.78 is 1.00. The van der Waals surface area contributed by atoms with Gasteiger partial charge in [0.25, 0.3) is 0 Å². The van der Waals surface area contributed by atoms with Crippen LogP contribution in [0.25, 0.3) is 0 Å². The third-order valence-electron chi connectivity index (χ3n) is 3.25. The lowest BCUT2D eigenvalue weighted by Gasteiger charge is -2.20. The largest absolute Gasteiger partial charge is 0.368 e. The first-order valence-electron chi connectivity index (χ1n) is 5.97. The molecule has 1 atom stereocenters. The summed E-state index contributed by atoms with van der Waals surface area (Å²) in [6.07, 6.45) is 4.76. The fourth-order valence-electron chi connectivity index (χ4n) is 2.33. The quantitative estimate of drug-likeness (QED) is 0.897. The van der Waals surface area contributed by atoms with E-state index in [0.29, 0.717) is 6.04 Å². The monoisotopic (exact) mass is 296 g/mol. The fourth-order valence-corrected chi connectivity index (χ4v) is 2.59. The molecule has 0 bridgehead atoms. The third-order valence-corrected chi connectivity index (χ3v) is 3.77. The number of halogens is 1. The molecule has 0 aliphatic heterocycles. The summed E-state index contributed by atoms with van der Waals surface area (Å²) in [4.78, 5) is 11.5. The molecule has 0 aromatic heterocycles. The third kappa shape index (κ3) is 3.30. The summed E-state index contributed by atoms with van der Waals surface area (Å²) >= 11 is 3.38. The van der Waals surface area contributed by atoms with E-state index in [1.807, 2.05) is 24.3 Å². The van der Waals surface area contributed by atoms with Gasteiger partial charge in [-0.3, -0.25) is 10.1 Å². The molecule has 3 nitrogen and oxygen atoms in total. The summed E-state index contributed by atoms with van der Waals surface area (Å²) in [5.41, 5.74) is 6.41. The maximum atomic E-state index is 11.5. The van der Waals surface area contributed by atoms with Crippen molar-refractivity contribution in [2.75, 3.05) is 0 Å².